The Balaban J connectivity index is 2.33. The second-order valence-electron chi connectivity index (χ2n) is 4.07. The molecular formula is C12H10ClN3O4S. The van der Waals surface area contributed by atoms with Crippen LogP contribution in [0.5, 0.6) is 5.75 Å². The molecule has 0 bridgehead atoms. The molecule has 2 aromatic rings. The highest BCUT2D eigenvalue weighted by molar-refractivity contribution is 7.89. The summed E-state index contributed by atoms with van der Waals surface area (Å²) in [5.74, 6) is -0.779. The standard InChI is InChI=1S/C12H10ClN3O4S/c13-10-2-1-9(21(14,19)20)4-11(10)16-12(18)7-3-8(17)6-15-5-7/h1-6,17H,(H,16,18)(H2,14,19,20). The maximum absolute atomic E-state index is 12.0. The van der Waals surface area contributed by atoms with Crippen molar-refractivity contribution in [1.29, 1.82) is 0 Å². The minimum absolute atomic E-state index is 0.0801. The molecule has 7 nitrogen and oxygen atoms in total. The van der Waals surface area contributed by atoms with Crippen molar-refractivity contribution in [2.24, 2.45) is 5.14 Å². The average molecular weight is 328 g/mol. The zero-order valence-electron chi connectivity index (χ0n) is 10.4. The molecule has 0 radical (unpaired) electrons. The van der Waals surface area contributed by atoms with Gasteiger partial charge >= 0.3 is 0 Å². The molecule has 2 rings (SSSR count). The SMILES string of the molecule is NS(=O)(=O)c1ccc(Cl)c(NC(=O)c2cncc(O)c2)c1. The molecule has 1 heterocycles. The average Bonchev–Trinajstić information content (AvgIpc) is 2.40. The minimum atomic E-state index is -3.91. The van der Waals surface area contributed by atoms with E-state index in [2.05, 4.69) is 10.3 Å². The number of benzene rings is 1. The lowest BCUT2D eigenvalue weighted by Crippen LogP contribution is -2.15. The van der Waals surface area contributed by atoms with Crippen LogP contribution < -0.4 is 10.5 Å². The predicted molar refractivity (Wildman–Crippen MR) is 76.7 cm³/mol. The van der Waals surface area contributed by atoms with Gasteiger partial charge in [-0.05, 0) is 24.3 Å². The fraction of sp³-hybridized carbons (Fsp3) is 0. The maximum Gasteiger partial charge on any atom is 0.257 e. The van der Waals surface area contributed by atoms with Crippen molar-refractivity contribution in [3.63, 3.8) is 0 Å². The van der Waals surface area contributed by atoms with Crippen molar-refractivity contribution in [2.45, 2.75) is 4.90 Å². The van der Waals surface area contributed by atoms with E-state index >= 15 is 0 Å². The van der Waals surface area contributed by atoms with Gasteiger partial charge in [-0.2, -0.15) is 0 Å². The number of rotatable bonds is 3. The summed E-state index contributed by atoms with van der Waals surface area (Å²) in [5, 5.41) is 16.8. The molecule has 21 heavy (non-hydrogen) atoms. The Kier molecular flexibility index (Phi) is 4.12. The van der Waals surface area contributed by atoms with Gasteiger partial charge in [0.2, 0.25) is 10.0 Å². The van der Waals surface area contributed by atoms with E-state index in [9.17, 15) is 18.3 Å². The molecule has 110 valence electrons. The number of pyridine rings is 1. The number of aromatic nitrogens is 1. The molecule has 0 saturated carbocycles. The lowest BCUT2D eigenvalue weighted by atomic mass is 10.2. The van der Waals surface area contributed by atoms with E-state index in [0.29, 0.717) is 0 Å². The quantitative estimate of drug-likeness (QED) is 0.785. The van der Waals surface area contributed by atoms with Crippen LogP contribution in [0.3, 0.4) is 0 Å². The number of carbonyl (C=O) groups excluding carboxylic acids is 1. The number of halogens is 1. The monoisotopic (exact) mass is 327 g/mol. The lowest BCUT2D eigenvalue weighted by Gasteiger charge is -2.09. The molecule has 0 spiro atoms. The first kappa shape index (κ1) is 15.2. The normalized spacial score (nSPS) is 11.1. The number of sulfonamides is 1. The lowest BCUT2D eigenvalue weighted by molar-refractivity contribution is 0.102. The van der Waals surface area contributed by atoms with Crippen molar-refractivity contribution in [2.75, 3.05) is 5.32 Å². The van der Waals surface area contributed by atoms with Gasteiger partial charge in [0.25, 0.3) is 5.91 Å². The summed E-state index contributed by atoms with van der Waals surface area (Å²) in [6.07, 6.45) is 2.41. The van der Waals surface area contributed by atoms with Crippen molar-refractivity contribution in [3.8, 4) is 5.75 Å². The number of carbonyl (C=O) groups is 1. The van der Waals surface area contributed by atoms with Crippen LogP contribution in [0, 0.1) is 0 Å². The number of aromatic hydroxyl groups is 1. The molecule has 1 amide bonds. The Morgan fingerprint density at radius 2 is 2.00 bits per heavy atom. The zero-order chi connectivity index (χ0) is 15.6. The van der Waals surface area contributed by atoms with Crippen LogP contribution in [0.2, 0.25) is 5.02 Å². The van der Waals surface area contributed by atoms with E-state index in [0.717, 1.165) is 6.07 Å². The molecule has 4 N–H and O–H groups in total. The van der Waals surface area contributed by atoms with E-state index in [4.69, 9.17) is 16.7 Å². The van der Waals surface area contributed by atoms with E-state index in [1.165, 1.54) is 30.6 Å². The number of hydrogen-bond acceptors (Lipinski definition) is 5. The number of primary sulfonamides is 1. The fourth-order valence-electron chi connectivity index (χ4n) is 1.52. The second-order valence-corrected chi connectivity index (χ2v) is 6.04. The van der Waals surface area contributed by atoms with Crippen molar-refractivity contribution in [3.05, 3.63) is 47.2 Å². The summed E-state index contributed by atoms with van der Waals surface area (Å²) in [6.45, 7) is 0. The largest absolute Gasteiger partial charge is 0.506 e. The fourth-order valence-corrected chi connectivity index (χ4v) is 2.23. The molecule has 0 aliphatic carbocycles. The topological polar surface area (TPSA) is 122 Å². The van der Waals surface area contributed by atoms with E-state index in [-0.39, 0.29) is 26.9 Å². The number of hydrogen-bond donors (Lipinski definition) is 3. The first-order valence-corrected chi connectivity index (χ1v) is 7.47. The van der Waals surface area contributed by atoms with E-state index < -0.39 is 15.9 Å². The predicted octanol–water partition coefficient (Wildman–Crippen LogP) is 1.34. The summed E-state index contributed by atoms with van der Waals surface area (Å²) in [7, 11) is -3.91. The van der Waals surface area contributed by atoms with Gasteiger partial charge < -0.3 is 10.4 Å². The van der Waals surface area contributed by atoms with Gasteiger partial charge in [-0.25, -0.2) is 13.6 Å². The number of nitrogens with zero attached hydrogens (tertiary/aromatic N) is 1. The van der Waals surface area contributed by atoms with Crippen LogP contribution in [0.15, 0.2) is 41.6 Å². The van der Waals surface area contributed by atoms with Gasteiger partial charge in [-0.15, -0.1) is 0 Å². The number of nitrogens with two attached hydrogens (primary N) is 1. The van der Waals surface area contributed by atoms with Gasteiger partial charge in [-0.3, -0.25) is 9.78 Å². The minimum Gasteiger partial charge on any atom is -0.506 e. The molecule has 0 atom stereocenters. The van der Waals surface area contributed by atoms with Gasteiger partial charge in [0.05, 0.1) is 27.4 Å². The van der Waals surface area contributed by atoms with Gasteiger partial charge in [0.1, 0.15) is 5.75 Å². The Morgan fingerprint density at radius 1 is 1.29 bits per heavy atom. The summed E-state index contributed by atoms with van der Waals surface area (Å²) >= 11 is 5.89. The van der Waals surface area contributed by atoms with Gasteiger partial charge in [0, 0.05) is 6.20 Å². The Labute approximate surface area is 125 Å². The number of anilines is 1. The number of nitrogens with one attached hydrogen (secondary N) is 1. The van der Waals surface area contributed by atoms with Crippen LogP contribution in [0.25, 0.3) is 0 Å². The summed E-state index contributed by atoms with van der Waals surface area (Å²) in [5.41, 5.74) is 0.170. The van der Waals surface area contributed by atoms with Crippen LogP contribution >= 0.6 is 11.6 Å². The van der Waals surface area contributed by atoms with Crippen LogP contribution in [0.4, 0.5) is 5.69 Å². The third-order valence-electron chi connectivity index (χ3n) is 2.50. The highest BCUT2D eigenvalue weighted by Gasteiger charge is 2.14. The molecule has 0 fully saturated rings. The Bertz CT molecular complexity index is 808. The summed E-state index contributed by atoms with van der Waals surface area (Å²) in [6, 6.07) is 4.88. The van der Waals surface area contributed by atoms with Crippen molar-refractivity contribution in [1.82, 2.24) is 4.98 Å². The third-order valence-corrected chi connectivity index (χ3v) is 3.74. The summed E-state index contributed by atoms with van der Waals surface area (Å²) in [4.78, 5) is 15.5. The summed E-state index contributed by atoms with van der Waals surface area (Å²) < 4.78 is 22.6. The van der Waals surface area contributed by atoms with Crippen LogP contribution in [-0.4, -0.2) is 24.4 Å². The molecule has 1 aromatic heterocycles. The Hall–Kier alpha value is -2.16. The molecule has 0 saturated heterocycles. The first-order chi connectivity index (χ1) is 9.77. The van der Waals surface area contributed by atoms with Crippen molar-refractivity contribution >= 4 is 33.2 Å². The second kappa shape index (κ2) is 5.68. The zero-order valence-corrected chi connectivity index (χ0v) is 12.0. The molecular weight excluding hydrogens is 318 g/mol. The number of amides is 1. The molecule has 0 unspecified atom stereocenters. The highest BCUT2D eigenvalue weighted by atomic mass is 35.5. The van der Waals surface area contributed by atoms with Crippen LogP contribution in [-0.2, 0) is 10.0 Å². The molecule has 9 heteroatoms. The Morgan fingerprint density at radius 3 is 2.62 bits per heavy atom. The third kappa shape index (κ3) is 3.69. The maximum atomic E-state index is 12.0. The molecule has 0 aliphatic heterocycles. The highest BCUT2D eigenvalue weighted by Crippen LogP contribution is 2.25. The smallest absolute Gasteiger partial charge is 0.257 e. The van der Waals surface area contributed by atoms with Gasteiger partial charge in [-0.1, -0.05) is 11.6 Å². The molecule has 0 aliphatic rings. The van der Waals surface area contributed by atoms with Gasteiger partial charge in [0.15, 0.2) is 0 Å². The van der Waals surface area contributed by atoms with Crippen LogP contribution in [0.1, 0.15) is 10.4 Å². The first-order valence-electron chi connectivity index (χ1n) is 5.55. The van der Waals surface area contributed by atoms with E-state index in [1.54, 1.807) is 0 Å². The van der Waals surface area contributed by atoms with E-state index in [1.807, 2.05) is 0 Å². The van der Waals surface area contributed by atoms with Crippen molar-refractivity contribution < 1.29 is 18.3 Å². The molecule has 1 aromatic carbocycles.